The zero-order valence-corrected chi connectivity index (χ0v) is 14.2. The first-order valence-electron chi connectivity index (χ1n) is 7.63. The molecule has 28 heavy (non-hydrogen) atoms. The molecule has 3 aromatic rings. The van der Waals surface area contributed by atoms with Gasteiger partial charge in [0, 0.05) is 25.1 Å². The molecule has 0 spiro atoms. The summed E-state index contributed by atoms with van der Waals surface area (Å²) in [7, 11) is 0. The van der Waals surface area contributed by atoms with E-state index in [0.29, 0.717) is 4.73 Å². The quantitative estimate of drug-likeness (QED) is 0.373. The number of hydrogen-bond donors (Lipinski definition) is 2. The van der Waals surface area contributed by atoms with Crippen LogP contribution in [0, 0.1) is 5.82 Å². The van der Waals surface area contributed by atoms with Crippen molar-refractivity contribution in [3.8, 4) is 17.5 Å². The summed E-state index contributed by atoms with van der Waals surface area (Å²) in [6.07, 6.45) is 0. The minimum Gasteiger partial charge on any atom is -0.492 e. The number of esters is 1. The van der Waals surface area contributed by atoms with Crippen molar-refractivity contribution in [2.24, 2.45) is 0 Å². The largest absolute Gasteiger partial charge is 0.492 e. The topological polar surface area (TPSA) is 137 Å². The number of aromatic nitrogens is 1. The molecule has 3 rings (SSSR count). The van der Waals surface area contributed by atoms with Gasteiger partial charge in [-0.1, -0.05) is 0 Å². The average molecular weight is 393 g/mol. The van der Waals surface area contributed by atoms with Crippen molar-refractivity contribution in [2.75, 3.05) is 6.79 Å². The predicted octanol–water partition coefficient (Wildman–Crippen LogP) is 1.31. The third-order valence-electron chi connectivity index (χ3n) is 3.48. The molecule has 0 amide bonds. The Labute approximate surface area is 154 Å². The Kier molecular flexibility index (Phi) is 4.90. The number of rotatable bonds is 5. The molecule has 146 valence electrons. The van der Waals surface area contributed by atoms with E-state index in [1.807, 2.05) is 0 Å². The monoisotopic (exact) mass is 393 g/mol. The zero-order valence-electron chi connectivity index (χ0n) is 14.2. The normalized spacial score (nSPS) is 10.6. The maximum Gasteiger partial charge on any atom is 0.374 e. The number of fused-ring (bicyclic) bond motifs is 1. The zero-order chi connectivity index (χ0) is 20.4. The van der Waals surface area contributed by atoms with Crippen LogP contribution in [0.15, 0.2) is 39.5 Å². The minimum atomic E-state index is -1.50. The number of carbonyl (C=O) groups excluding carboxylic acids is 2. The minimum absolute atomic E-state index is 0.119. The Morgan fingerprint density at radius 3 is 2.50 bits per heavy atom. The van der Waals surface area contributed by atoms with Gasteiger partial charge in [-0.25, -0.2) is 14.0 Å². The molecule has 0 aliphatic heterocycles. The third-order valence-corrected chi connectivity index (χ3v) is 3.48. The van der Waals surface area contributed by atoms with E-state index in [1.54, 1.807) is 0 Å². The van der Waals surface area contributed by atoms with E-state index in [4.69, 9.17) is 9.15 Å². The van der Waals surface area contributed by atoms with Crippen LogP contribution < -0.4 is 15.2 Å². The molecular weight excluding hydrogens is 381 g/mol. The number of benzene rings is 1. The smallest absolute Gasteiger partial charge is 0.374 e. The highest BCUT2D eigenvalue weighted by molar-refractivity contribution is 5.94. The molecule has 0 saturated heterocycles. The molecule has 0 radical (unpaired) electrons. The highest BCUT2D eigenvalue weighted by Gasteiger charge is 2.25. The van der Waals surface area contributed by atoms with Crippen LogP contribution >= 0.6 is 0 Å². The number of nitrogens with zero attached hydrogens (tertiary/aromatic N) is 1. The van der Waals surface area contributed by atoms with Gasteiger partial charge in [0.15, 0.2) is 11.4 Å². The fourth-order valence-corrected chi connectivity index (χ4v) is 2.21. The number of carbonyl (C=O) groups is 2. The van der Waals surface area contributed by atoms with E-state index in [-0.39, 0.29) is 16.7 Å². The van der Waals surface area contributed by atoms with Crippen LogP contribution in [0.5, 0.6) is 17.5 Å². The Morgan fingerprint density at radius 1 is 1.18 bits per heavy atom. The molecular formula is C17H12FNO9. The molecule has 0 aliphatic rings. The lowest BCUT2D eigenvalue weighted by Crippen LogP contribution is -2.26. The van der Waals surface area contributed by atoms with Crippen LogP contribution in [0.3, 0.4) is 0 Å². The highest BCUT2D eigenvalue weighted by Crippen LogP contribution is 2.25. The van der Waals surface area contributed by atoms with Crippen molar-refractivity contribution in [1.82, 2.24) is 4.73 Å². The van der Waals surface area contributed by atoms with Gasteiger partial charge in [0.1, 0.15) is 11.3 Å². The van der Waals surface area contributed by atoms with Gasteiger partial charge in [0.05, 0.1) is 5.39 Å². The molecule has 2 N–H and O–H groups in total. The van der Waals surface area contributed by atoms with Crippen molar-refractivity contribution in [3.63, 3.8) is 0 Å². The van der Waals surface area contributed by atoms with E-state index in [2.05, 4.69) is 9.57 Å². The second-order valence-corrected chi connectivity index (χ2v) is 5.36. The van der Waals surface area contributed by atoms with Gasteiger partial charge in [-0.3, -0.25) is 4.79 Å². The summed E-state index contributed by atoms with van der Waals surface area (Å²) >= 11 is 0. The second kappa shape index (κ2) is 7.31. The van der Waals surface area contributed by atoms with Gasteiger partial charge in [-0.2, -0.15) is 0 Å². The Morgan fingerprint density at radius 2 is 1.86 bits per heavy atom. The lowest BCUT2D eigenvalue weighted by atomic mass is 10.1. The number of hydrogen-bond acceptors (Lipinski definition) is 9. The predicted molar refractivity (Wildman–Crippen MR) is 88.4 cm³/mol. The Hall–Kier alpha value is -4.02. The maximum absolute atomic E-state index is 14.7. The number of ether oxygens (including phenoxy) is 2. The van der Waals surface area contributed by atoms with Gasteiger partial charge >= 0.3 is 17.6 Å². The van der Waals surface area contributed by atoms with E-state index < -0.39 is 47.5 Å². The maximum atomic E-state index is 14.7. The van der Waals surface area contributed by atoms with Crippen molar-refractivity contribution < 1.29 is 42.9 Å². The average Bonchev–Trinajstić information content (AvgIpc) is 2.93. The standard InChI is InChI=1S/C17H12FNO9/c1-8(20)25-7-26-9-2-3-10-11(6-9)27-16(23)14(15(10)18)17(24)28-19-12(21)4-5-13(19)22/h2-6,21-22H,7H2,1H3. The van der Waals surface area contributed by atoms with Gasteiger partial charge in [0.2, 0.25) is 18.6 Å². The van der Waals surface area contributed by atoms with Crippen LogP contribution in [-0.2, 0) is 9.53 Å². The molecule has 1 aromatic carbocycles. The molecule has 0 aliphatic carbocycles. The summed E-state index contributed by atoms with van der Waals surface area (Å²) in [6.45, 7) is 0.786. The van der Waals surface area contributed by atoms with Gasteiger partial charge in [-0.05, 0) is 12.1 Å². The van der Waals surface area contributed by atoms with Crippen molar-refractivity contribution in [2.45, 2.75) is 6.92 Å². The van der Waals surface area contributed by atoms with E-state index in [1.165, 1.54) is 25.1 Å². The van der Waals surface area contributed by atoms with Gasteiger partial charge in [-0.15, -0.1) is 4.73 Å². The summed E-state index contributed by atoms with van der Waals surface area (Å²) in [4.78, 5) is 39.5. The number of halogens is 1. The van der Waals surface area contributed by atoms with Crippen LogP contribution in [0.2, 0.25) is 0 Å². The lowest BCUT2D eigenvalue weighted by molar-refractivity contribution is -0.147. The summed E-state index contributed by atoms with van der Waals surface area (Å²) in [5, 5.41) is 18.7. The van der Waals surface area contributed by atoms with Crippen molar-refractivity contribution in [1.29, 1.82) is 0 Å². The Balaban J connectivity index is 1.93. The third kappa shape index (κ3) is 3.58. The second-order valence-electron chi connectivity index (χ2n) is 5.36. The van der Waals surface area contributed by atoms with Crippen LogP contribution in [0.1, 0.15) is 17.3 Å². The van der Waals surface area contributed by atoms with E-state index in [9.17, 15) is 29.0 Å². The van der Waals surface area contributed by atoms with Crippen LogP contribution in [0.25, 0.3) is 11.0 Å². The van der Waals surface area contributed by atoms with E-state index >= 15 is 0 Å². The van der Waals surface area contributed by atoms with Gasteiger partial charge < -0.3 is 28.9 Å². The summed E-state index contributed by atoms with van der Waals surface area (Å²) in [5.74, 6) is -4.47. The first-order chi connectivity index (χ1) is 13.3. The number of aromatic hydroxyl groups is 2. The van der Waals surface area contributed by atoms with Crippen LogP contribution in [0.4, 0.5) is 4.39 Å². The molecule has 0 bridgehead atoms. The van der Waals surface area contributed by atoms with Gasteiger partial charge in [0.25, 0.3) is 0 Å². The molecule has 2 heterocycles. The molecule has 0 saturated carbocycles. The molecule has 0 atom stereocenters. The summed E-state index contributed by atoms with van der Waals surface area (Å²) < 4.78 is 29.6. The van der Waals surface area contributed by atoms with Crippen molar-refractivity contribution in [3.05, 3.63) is 52.1 Å². The summed E-state index contributed by atoms with van der Waals surface area (Å²) in [5.41, 5.74) is -2.64. The molecule has 2 aromatic heterocycles. The first kappa shape index (κ1) is 18.8. The molecule has 0 fully saturated rings. The fraction of sp³-hybridized carbons (Fsp3) is 0.118. The molecule has 10 nitrogen and oxygen atoms in total. The highest BCUT2D eigenvalue weighted by atomic mass is 19.1. The molecule has 11 heteroatoms. The Bertz CT molecular complexity index is 1110. The lowest BCUT2D eigenvalue weighted by Gasteiger charge is -2.09. The SMILES string of the molecule is CC(=O)OCOc1ccc2c(F)c(C(=O)On3c(O)ccc3O)c(=O)oc2c1. The first-order valence-corrected chi connectivity index (χ1v) is 7.63. The van der Waals surface area contributed by atoms with Crippen LogP contribution in [-0.4, -0.2) is 33.7 Å². The van der Waals surface area contributed by atoms with Crippen molar-refractivity contribution >= 4 is 22.9 Å². The summed E-state index contributed by atoms with van der Waals surface area (Å²) in [6, 6.07) is 5.67. The molecule has 0 unspecified atom stereocenters. The van der Waals surface area contributed by atoms with E-state index in [0.717, 1.165) is 12.1 Å². The fourth-order valence-electron chi connectivity index (χ4n) is 2.21.